The number of fused-ring (bicyclic) bond motifs is 9. The van der Waals surface area contributed by atoms with Gasteiger partial charge in [0.15, 0.2) is 11.6 Å². The normalized spacial score (nSPS) is 11.9. The average Bonchev–Trinajstić information content (AvgIpc) is 3.96. The fraction of sp³-hybridized carbons (Fsp3) is 0. The van der Waals surface area contributed by atoms with E-state index in [1.165, 1.54) is 31.3 Å². The van der Waals surface area contributed by atoms with Crippen LogP contribution in [0.25, 0.3) is 115 Å². The third kappa shape index (κ3) is 5.04. The van der Waals surface area contributed by atoms with Crippen LogP contribution in [-0.2, 0) is 0 Å². The topological polar surface area (TPSA) is 56.7 Å². The molecule has 57 heavy (non-hydrogen) atoms. The first kappa shape index (κ1) is 31.9. The van der Waals surface area contributed by atoms with Crippen LogP contribution in [0.1, 0.15) is 0 Å². The molecule has 0 saturated heterocycles. The maximum Gasteiger partial charge on any atom is 0.238 e. The monoisotopic (exact) mass is 746 g/mol. The second-order valence-corrected chi connectivity index (χ2v) is 15.5. The lowest BCUT2D eigenvalue weighted by molar-refractivity contribution is 0.669. The Morgan fingerprint density at radius 1 is 0.404 bits per heavy atom. The molecule has 266 valence electrons. The molecule has 0 saturated carbocycles. The number of para-hydroxylation sites is 3. The molecule has 0 aliphatic carbocycles. The molecule has 0 unspecified atom stereocenters. The van der Waals surface area contributed by atoms with Crippen molar-refractivity contribution in [3.63, 3.8) is 0 Å². The first-order valence-corrected chi connectivity index (χ1v) is 19.8. The zero-order valence-corrected chi connectivity index (χ0v) is 31.2. The Labute approximate surface area is 330 Å². The van der Waals surface area contributed by atoms with Crippen LogP contribution in [0.4, 0.5) is 0 Å². The maximum atomic E-state index is 6.32. The van der Waals surface area contributed by atoms with Gasteiger partial charge in [-0.15, -0.1) is 11.3 Å². The maximum absolute atomic E-state index is 6.32. The minimum Gasteiger partial charge on any atom is -0.456 e. The largest absolute Gasteiger partial charge is 0.456 e. The van der Waals surface area contributed by atoms with E-state index in [0.717, 1.165) is 66.0 Å². The van der Waals surface area contributed by atoms with Crippen molar-refractivity contribution in [1.82, 2.24) is 19.5 Å². The molecular weight excluding hydrogens is 717 g/mol. The summed E-state index contributed by atoms with van der Waals surface area (Å²) in [5.74, 6) is 1.72. The Morgan fingerprint density at radius 3 is 1.93 bits per heavy atom. The summed E-state index contributed by atoms with van der Waals surface area (Å²) in [4.78, 5) is 15.6. The summed E-state index contributed by atoms with van der Waals surface area (Å²) >= 11 is 1.85. The third-order valence-corrected chi connectivity index (χ3v) is 12.2. The van der Waals surface area contributed by atoms with Crippen molar-refractivity contribution in [2.24, 2.45) is 0 Å². The highest BCUT2D eigenvalue weighted by Crippen LogP contribution is 2.43. The van der Waals surface area contributed by atoms with E-state index < -0.39 is 0 Å². The third-order valence-electron chi connectivity index (χ3n) is 11.1. The zero-order valence-electron chi connectivity index (χ0n) is 30.4. The van der Waals surface area contributed by atoms with E-state index in [9.17, 15) is 0 Å². The molecule has 4 heterocycles. The van der Waals surface area contributed by atoms with E-state index in [-0.39, 0.29) is 0 Å². The number of benzene rings is 8. The summed E-state index contributed by atoms with van der Waals surface area (Å²) in [5.41, 5.74) is 10.1. The standard InChI is InChI=1S/C51H30N4OS/c1-2-13-31(14-3-1)49-52-50(34-27-28-39-38-18-5-8-24-43(38)56-44(39)30-34)54-51(53-49)55-42-23-7-4-17-37(42)40-22-11-21-36(48(40)55)33-16-10-15-32(29-33)35-20-12-26-46-47(35)41-19-6-9-25-45(41)57-46/h1-30H. The first-order valence-electron chi connectivity index (χ1n) is 19.0. The molecule has 0 bridgehead atoms. The summed E-state index contributed by atoms with van der Waals surface area (Å²) in [5, 5.41) is 7.00. The lowest BCUT2D eigenvalue weighted by Gasteiger charge is -2.14. The van der Waals surface area contributed by atoms with Gasteiger partial charge in [-0.25, -0.2) is 4.98 Å². The second kappa shape index (κ2) is 12.6. The summed E-state index contributed by atoms with van der Waals surface area (Å²) in [6.45, 7) is 0. The van der Waals surface area contributed by atoms with Gasteiger partial charge in [-0.1, -0.05) is 140 Å². The predicted molar refractivity (Wildman–Crippen MR) is 236 cm³/mol. The number of nitrogens with zero attached hydrogens (tertiary/aromatic N) is 4. The molecule has 0 fully saturated rings. The van der Waals surface area contributed by atoms with E-state index in [4.69, 9.17) is 19.4 Å². The lowest BCUT2D eigenvalue weighted by atomic mass is 9.95. The van der Waals surface area contributed by atoms with Crippen molar-refractivity contribution in [3.05, 3.63) is 182 Å². The van der Waals surface area contributed by atoms with E-state index >= 15 is 0 Å². The van der Waals surface area contributed by atoms with Gasteiger partial charge in [-0.2, -0.15) is 9.97 Å². The van der Waals surface area contributed by atoms with Gasteiger partial charge in [0.2, 0.25) is 5.95 Å². The second-order valence-electron chi connectivity index (χ2n) is 14.4. The van der Waals surface area contributed by atoms with E-state index in [2.05, 4.69) is 132 Å². The van der Waals surface area contributed by atoms with Gasteiger partial charge >= 0.3 is 0 Å². The van der Waals surface area contributed by atoms with Crippen LogP contribution in [-0.4, -0.2) is 19.5 Å². The highest BCUT2D eigenvalue weighted by Gasteiger charge is 2.21. The molecule has 0 radical (unpaired) electrons. The van der Waals surface area contributed by atoms with Gasteiger partial charge in [-0.05, 0) is 59.2 Å². The lowest BCUT2D eigenvalue weighted by Crippen LogP contribution is -2.07. The molecule has 4 aromatic heterocycles. The van der Waals surface area contributed by atoms with Gasteiger partial charge in [0, 0.05) is 58.4 Å². The molecular formula is C51H30N4OS. The van der Waals surface area contributed by atoms with Crippen molar-refractivity contribution in [1.29, 1.82) is 0 Å². The van der Waals surface area contributed by atoms with E-state index in [0.29, 0.717) is 17.6 Å². The van der Waals surface area contributed by atoms with Crippen molar-refractivity contribution in [2.75, 3.05) is 0 Å². The molecule has 0 N–H and O–H groups in total. The fourth-order valence-corrected chi connectivity index (χ4v) is 9.64. The SMILES string of the molecule is c1ccc(-c2nc(-c3ccc4c(c3)oc3ccccc34)nc(-n3c4ccccc4c4cccc(-c5cccc(-c6cccc7sc8ccccc8c67)c5)c43)n2)cc1. The smallest absolute Gasteiger partial charge is 0.238 e. The number of rotatable bonds is 5. The van der Waals surface area contributed by atoms with Gasteiger partial charge < -0.3 is 4.42 Å². The Balaban J connectivity index is 1.10. The van der Waals surface area contributed by atoms with Crippen LogP contribution in [0.15, 0.2) is 186 Å². The number of thiophene rings is 1. The van der Waals surface area contributed by atoms with Crippen LogP contribution in [0.3, 0.4) is 0 Å². The number of aromatic nitrogens is 4. The predicted octanol–water partition coefficient (Wildman–Crippen LogP) is 13.9. The minimum atomic E-state index is 0.549. The average molecular weight is 747 g/mol. The van der Waals surface area contributed by atoms with Crippen LogP contribution in [0, 0.1) is 0 Å². The Hall–Kier alpha value is -7.41. The molecule has 0 aliphatic heterocycles. The Bertz CT molecular complexity index is 3540. The van der Waals surface area contributed by atoms with Crippen LogP contribution < -0.4 is 0 Å². The van der Waals surface area contributed by atoms with Crippen LogP contribution in [0.2, 0.25) is 0 Å². The summed E-state index contributed by atoms with van der Waals surface area (Å²) in [6, 6.07) is 63.9. The number of hydrogen-bond donors (Lipinski definition) is 0. The molecule has 8 aromatic carbocycles. The van der Waals surface area contributed by atoms with E-state index in [1.54, 1.807) is 0 Å². The molecule has 0 spiro atoms. The van der Waals surface area contributed by atoms with Crippen molar-refractivity contribution in [3.8, 4) is 51.0 Å². The number of hydrogen-bond acceptors (Lipinski definition) is 5. The zero-order chi connectivity index (χ0) is 37.5. The van der Waals surface area contributed by atoms with Gasteiger partial charge in [0.1, 0.15) is 11.2 Å². The molecule has 0 amide bonds. The molecule has 12 rings (SSSR count). The van der Waals surface area contributed by atoms with E-state index in [1.807, 2.05) is 65.9 Å². The summed E-state index contributed by atoms with van der Waals surface area (Å²) in [7, 11) is 0. The van der Waals surface area contributed by atoms with Crippen molar-refractivity contribution < 1.29 is 4.42 Å². The number of furan rings is 1. The van der Waals surface area contributed by atoms with Gasteiger partial charge in [0.25, 0.3) is 0 Å². The Kier molecular flexibility index (Phi) is 7.03. The van der Waals surface area contributed by atoms with Gasteiger partial charge in [0.05, 0.1) is 11.0 Å². The first-order chi connectivity index (χ1) is 28.2. The Morgan fingerprint density at radius 2 is 1.04 bits per heavy atom. The molecule has 0 aliphatic rings. The van der Waals surface area contributed by atoms with Crippen LogP contribution >= 0.6 is 11.3 Å². The van der Waals surface area contributed by atoms with Crippen molar-refractivity contribution >= 4 is 75.3 Å². The highest BCUT2D eigenvalue weighted by molar-refractivity contribution is 7.25. The van der Waals surface area contributed by atoms with Crippen molar-refractivity contribution in [2.45, 2.75) is 0 Å². The minimum absolute atomic E-state index is 0.549. The van der Waals surface area contributed by atoms with Gasteiger partial charge in [-0.3, -0.25) is 4.57 Å². The summed E-state index contributed by atoms with van der Waals surface area (Å²) < 4.78 is 11.1. The van der Waals surface area contributed by atoms with Crippen LogP contribution in [0.5, 0.6) is 0 Å². The quantitative estimate of drug-likeness (QED) is 0.176. The molecule has 12 aromatic rings. The fourth-order valence-electron chi connectivity index (χ4n) is 8.50. The summed E-state index contributed by atoms with van der Waals surface area (Å²) in [6.07, 6.45) is 0. The molecule has 6 heteroatoms. The molecule has 5 nitrogen and oxygen atoms in total. The highest BCUT2D eigenvalue weighted by atomic mass is 32.1. The molecule has 0 atom stereocenters.